The molecule has 2 amide bonds. The first-order valence-corrected chi connectivity index (χ1v) is 9.51. The number of hydrogen-bond donors (Lipinski definition) is 1. The van der Waals surface area contributed by atoms with Crippen LogP contribution in [0.4, 0.5) is 17.1 Å². The van der Waals surface area contributed by atoms with Crippen molar-refractivity contribution < 1.29 is 14.5 Å². The van der Waals surface area contributed by atoms with Crippen molar-refractivity contribution in [2.45, 2.75) is 19.3 Å². The number of carbonyl (C=O) groups is 2. The van der Waals surface area contributed by atoms with Gasteiger partial charge in [-0.2, -0.15) is 0 Å². The van der Waals surface area contributed by atoms with Crippen LogP contribution in [0.5, 0.6) is 0 Å². The molecule has 0 unspecified atom stereocenters. The summed E-state index contributed by atoms with van der Waals surface area (Å²) in [4.78, 5) is 39.9. The number of non-ortho nitro benzene ring substituents is 1. The lowest BCUT2D eigenvalue weighted by Gasteiger charge is -2.29. The Labute approximate surface area is 167 Å². The highest BCUT2D eigenvalue weighted by molar-refractivity contribution is 6.33. The third-order valence-corrected chi connectivity index (χ3v) is 5.09. The number of rotatable bonds is 5. The molecule has 0 spiro atoms. The molecule has 2 aliphatic rings. The average Bonchev–Trinajstić information content (AvgIpc) is 2.99. The van der Waals surface area contributed by atoms with Crippen LogP contribution in [0, 0.1) is 10.1 Å². The van der Waals surface area contributed by atoms with Gasteiger partial charge in [0.15, 0.2) is 0 Å². The second-order valence-electron chi connectivity index (χ2n) is 6.98. The van der Waals surface area contributed by atoms with Gasteiger partial charge in [-0.25, -0.2) is 4.90 Å². The Morgan fingerprint density at radius 2 is 1.52 bits per heavy atom. The minimum Gasteiger partial charge on any atom is -0.365 e. The van der Waals surface area contributed by atoms with Crippen LogP contribution in [0.2, 0.25) is 0 Å². The zero-order valence-corrected chi connectivity index (χ0v) is 15.7. The van der Waals surface area contributed by atoms with E-state index in [0.29, 0.717) is 30.2 Å². The van der Waals surface area contributed by atoms with E-state index in [1.165, 1.54) is 24.3 Å². The predicted octanol–water partition coefficient (Wildman–Crippen LogP) is 3.28. The van der Waals surface area contributed by atoms with E-state index in [2.05, 4.69) is 5.32 Å². The maximum Gasteiger partial charge on any atom is 0.284 e. The fourth-order valence-electron chi connectivity index (χ4n) is 3.67. The Bertz CT molecular complexity index is 980. The highest BCUT2D eigenvalue weighted by Gasteiger charge is 2.42. The van der Waals surface area contributed by atoms with Gasteiger partial charge in [0.25, 0.3) is 17.5 Å². The van der Waals surface area contributed by atoms with Crippen molar-refractivity contribution in [2.75, 3.05) is 23.3 Å². The number of carbonyl (C=O) groups excluding carboxylic acids is 2. The summed E-state index contributed by atoms with van der Waals surface area (Å²) in [6, 6.07) is 14.6. The van der Waals surface area contributed by atoms with Crippen LogP contribution in [0.15, 0.2) is 66.0 Å². The Morgan fingerprint density at radius 1 is 0.862 bits per heavy atom. The molecule has 2 aromatic carbocycles. The number of imide groups is 1. The van der Waals surface area contributed by atoms with Gasteiger partial charge in [0, 0.05) is 30.9 Å². The van der Waals surface area contributed by atoms with Crippen LogP contribution in [-0.2, 0) is 9.59 Å². The Morgan fingerprint density at radius 3 is 2.14 bits per heavy atom. The fraction of sp³-hybridized carbons (Fsp3) is 0.238. The molecule has 2 aromatic rings. The SMILES string of the molecule is O=C1C(Nc2ccccc2)=C(N2CCCCC2)C(=O)N1c1ccc([N+](=O)[O-])cc1. The first kappa shape index (κ1) is 18.7. The summed E-state index contributed by atoms with van der Waals surface area (Å²) in [6.07, 6.45) is 3.02. The maximum absolute atomic E-state index is 13.3. The molecule has 0 aromatic heterocycles. The smallest absolute Gasteiger partial charge is 0.284 e. The molecule has 29 heavy (non-hydrogen) atoms. The van der Waals surface area contributed by atoms with Gasteiger partial charge in [-0.1, -0.05) is 18.2 Å². The van der Waals surface area contributed by atoms with Gasteiger partial charge in [-0.15, -0.1) is 0 Å². The number of nitrogens with one attached hydrogen (secondary N) is 1. The number of nitro groups is 1. The van der Waals surface area contributed by atoms with E-state index in [1.54, 1.807) is 0 Å². The monoisotopic (exact) mass is 392 g/mol. The quantitative estimate of drug-likeness (QED) is 0.477. The molecule has 0 bridgehead atoms. The normalized spacial score (nSPS) is 17.1. The zero-order valence-electron chi connectivity index (χ0n) is 15.7. The van der Waals surface area contributed by atoms with Gasteiger partial charge >= 0.3 is 0 Å². The van der Waals surface area contributed by atoms with E-state index < -0.39 is 16.7 Å². The van der Waals surface area contributed by atoms with Crippen molar-refractivity contribution >= 4 is 28.9 Å². The molecule has 8 heteroatoms. The van der Waals surface area contributed by atoms with Crippen LogP contribution in [0.25, 0.3) is 0 Å². The maximum atomic E-state index is 13.3. The number of benzene rings is 2. The molecule has 0 saturated carbocycles. The van der Waals surface area contributed by atoms with Gasteiger partial charge in [0.2, 0.25) is 0 Å². The summed E-state index contributed by atoms with van der Waals surface area (Å²) >= 11 is 0. The molecule has 2 aliphatic heterocycles. The van der Waals surface area contributed by atoms with Crippen molar-refractivity contribution in [3.8, 4) is 0 Å². The number of nitrogens with zero attached hydrogens (tertiary/aromatic N) is 3. The third kappa shape index (κ3) is 3.56. The van der Waals surface area contributed by atoms with E-state index in [-0.39, 0.29) is 11.4 Å². The molecule has 2 heterocycles. The molecular formula is C21H20N4O4. The standard InChI is InChI=1S/C21H20N4O4/c26-20-18(22-15-7-3-1-4-8-15)19(23-13-5-2-6-14-23)21(27)24(20)16-9-11-17(12-10-16)25(28)29/h1,3-4,7-12,22H,2,5-6,13-14H2. The highest BCUT2D eigenvalue weighted by atomic mass is 16.6. The molecule has 4 rings (SSSR count). The van der Waals surface area contributed by atoms with Crippen LogP contribution >= 0.6 is 0 Å². The molecule has 1 saturated heterocycles. The number of para-hydroxylation sites is 1. The lowest BCUT2D eigenvalue weighted by molar-refractivity contribution is -0.384. The van der Waals surface area contributed by atoms with Crippen molar-refractivity contribution in [1.29, 1.82) is 0 Å². The summed E-state index contributed by atoms with van der Waals surface area (Å²) in [7, 11) is 0. The summed E-state index contributed by atoms with van der Waals surface area (Å²) in [6.45, 7) is 1.42. The first-order chi connectivity index (χ1) is 14.1. The molecule has 0 radical (unpaired) electrons. The van der Waals surface area contributed by atoms with Crippen molar-refractivity contribution in [3.05, 3.63) is 76.1 Å². The van der Waals surface area contributed by atoms with Gasteiger partial charge in [0.1, 0.15) is 11.4 Å². The van der Waals surface area contributed by atoms with Gasteiger partial charge in [-0.3, -0.25) is 19.7 Å². The van der Waals surface area contributed by atoms with E-state index in [0.717, 1.165) is 24.2 Å². The minimum atomic E-state index is -0.517. The third-order valence-electron chi connectivity index (χ3n) is 5.09. The fourth-order valence-corrected chi connectivity index (χ4v) is 3.67. The van der Waals surface area contributed by atoms with Crippen molar-refractivity contribution in [3.63, 3.8) is 0 Å². The number of hydrogen-bond acceptors (Lipinski definition) is 6. The number of nitro benzene ring substituents is 1. The first-order valence-electron chi connectivity index (χ1n) is 9.51. The molecule has 1 N–H and O–H groups in total. The number of likely N-dealkylation sites (tertiary alicyclic amines) is 1. The molecule has 8 nitrogen and oxygen atoms in total. The minimum absolute atomic E-state index is 0.0975. The van der Waals surface area contributed by atoms with Crippen LogP contribution in [-0.4, -0.2) is 34.7 Å². The molecule has 148 valence electrons. The summed E-state index contributed by atoms with van der Waals surface area (Å²) in [5, 5.41) is 14.0. The lowest BCUT2D eigenvalue weighted by Crippen LogP contribution is -2.37. The second kappa shape index (κ2) is 7.75. The number of amides is 2. The van der Waals surface area contributed by atoms with E-state index in [9.17, 15) is 19.7 Å². The van der Waals surface area contributed by atoms with E-state index in [1.807, 2.05) is 35.2 Å². The van der Waals surface area contributed by atoms with Gasteiger partial charge in [0.05, 0.1) is 10.6 Å². The number of piperidine rings is 1. The van der Waals surface area contributed by atoms with Crippen molar-refractivity contribution in [1.82, 2.24) is 4.90 Å². The Hall–Kier alpha value is -3.68. The van der Waals surface area contributed by atoms with E-state index >= 15 is 0 Å². The van der Waals surface area contributed by atoms with Gasteiger partial charge < -0.3 is 10.2 Å². The highest BCUT2D eigenvalue weighted by Crippen LogP contribution is 2.32. The molecule has 1 fully saturated rings. The summed E-state index contributed by atoms with van der Waals surface area (Å²) in [5.41, 5.74) is 1.52. The zero-order chi connectivity index (χ0) is 20.4. The largest absolute Gasteiger partial charge is 0.365 e. The topological polar surface area (TPSA) is 95.8 Å². The second-order valence-corrected chi connectivity index (χ2v) is 6.98. The summed E-state index contributed by atoms with van der Waals surface area (Å²) in [5.74, 6) is -0.877. The Kier molecular flexibility index (Phi) is 4.99. The van der Waals surface area contributed by atoms with Crippen LogP contribution in [0.1, 0.15) is 19.3 Å². The average molecular weight is 392 g/mol. The molecule has 0 aliphatic carbocycles. The van der Waals surface area contributed by atoms with Crippen molar-refractivity contribution in [2.24, 2.45) is 0 Å². The number of anilines is 2. The molecule has 0 atom stereocenters. The Balaban J connectivity index is 1.71. The predicted molar refractivity (Wildman–Crippen MR) is 108 cm³/mol. The lowest BCUT2D eigenvalue weighted by atomic mass is 10.1. The van der Waals surface area contributed by atoms with Crippen LogP contribution < -0.4 is 10.2 Å². The summed E-state index contributed by atoms with van der Waals surface area (Å²) < 4.78 is 0. The van der Waals surface area contributed by atoms with Crippen LogP contribution in [0.3, 0.4) is 0 Å². The van der Waals surface area contributed by atoms with E-state index in [4.69, 9.17) is 0 Å². The van der Waals surface area contributed by atoms with Gasteiger partial charge in [-0.05, 0) is 43.5 Å². The molecular weight excluding hydrogens is 372 g/mol.